The molecule has 2 rings (SSSR count). The molecule has 116 valence electrons. The van der Waals surface area contributed by atoms with E-state index in [2.05, 4.69) is 5.32 Å². The van der Waals surface area contributed by atoms with Crippen LogP contribution in [0.5, 0.6) is 11.5 Å². The number of nitrogen functional groups attached to an aromatic ring is 1. The molecule has 6 heteroatoms. The third-order valence-corrected chi connectivity index (χ3v) is 4.06. The Morgan fingerprint density at radius 2 is 2.00 bits per heavy atom. The SMILES string of the molecule is COc1cc(OC)c(N)c(C(=O)NC2(CO)CCCC2)c1. The average Bonchev–Trinajstić information content (AvgIpc) is 2.96. The number of benzene rings is 1. The average molecular weight is 294 g/mol. The van der Waals surface area contributed by atoms with E-state index in [1.807, 2.05) is 0 Å². The van der Waals surface area contributed by atoms with Gasteiger partial charge in [0.25, 0.3) is 5.91 Å². The molecule has 0 saturated heterocycles. The Morgan fingerprint density at radius 1 is 1.33 bits per heavy atom. The predicted octanol–water partition coefficient (Wildman–Crippen LogP) is 1.32. The number of ether oxygens (including phenoxy) is 2. The lowest BCUT2D eigenvalue weighted by Gasteiger charge is -2.28. The molecule has 6 nitrogen and oxygen atoms in total. The molecule has 0 bridgehead atoms. The molecule has 0 atom stereocenters. The molecule has 0 unspecified atom stereocenters. The van der Waals surface area contributed by atoms with Crippen LogP contribution < -0.4 is 20.5 Å². The van der Waals surface area contributed by atoms with E-state index in [9.17, 15) is 9.90 Å². The second kappa shape index (κ2) is 6.22. The third-order valence-electron chi connectivity index (χ3n) is 4.06. The van der Waals surface area contributed by atoms with Gasteiger partial charge in [-0.05, 0) is 18.9 Å². The maximum atomic E-state index is 12.5. The lowest BCUT2D eigenvalue weighted by molar-refractivity contribution is 0.0839. The number of nitrogens with one attached hydrogen (secondary N) is 1. The van der Waals surface area contributed by atoms with Crippen molar-refractivity contribution >= 4 is 11.6 Å². The smallest absolute Gasteiger partial charge is 0.254 e. The van der Waals surface area contributed by atoms with E-state index in [4.69, 9.17) is 15.2 Å². The van der Waals surface area contributed by atoms with Crippen LogP contribution >= 0.6 is 0 Å². The highest BCUT2D eigenvalue weighted by molar-refractivity contribution is 6.01. The van der Waals surface area contributed by atoms with Crippen LogP contribution in [0, 0.1) is 0 Å². The molecule has 1 saturated carbocycles. The number of rotatable bonds is 5. The number of methoxy groups -OCH3 is 2. The number of nitrogens with two attached hydrogens (primary N) is 1. The fourth-order valence-electron chi connectivity index (χ4n) is 2.76. The maximum absolute atomic E-state index is 12.5. The topological polar surface area (TPSA) is 93.8 Å². The molecule has 1 aliphatic carbocycles. The highest BCUT2D eigenvalue weighted by Crippen LogP contribution is 2.33. The van der Waals surface area contributed by atoms with Crippen LogP contribution in [0.3, 0.4) is 0 Å². The molecular weight excluding hydrogens is 272 g/mol. The van der Waals surface area contributed by atoms with Gasteiger partial charge in [-0.15, -0.1) is 0 Å². The van der Waals surface area contributed by atoms with Crippen molar-refractivity contribution < 1.29 is 19.4 Å². The van der Waals surface area contributed by atoms with Crippen LogP contribution in [-0.2, 0) is 0 Å². The summed E-state index contributed by atoms with van der Waals surface area (Å²) in [5.41, 5.74) is 5.99. The Kier molecular flexibility index (Phi) is 4.57. The summed E-state index contributed by atoms with van der Waals surface area (Å²) in [4.78, 5) is 12.5. The van der Waals surface area contributed by atoms with Gasteiger partial charge in [0.15, 0.2) is 0 Å². The number of amides is 1. The summed E-state index contributed by atoms with van der Waals surface area (Å²) in [5, 5.41) is 12.5. The van der Waals surface area contributed by atoms with Crippen molar-refractivity contribution in [2.45, 2.75) is 31.2 Å². The van der Waals surface area contributed by atoms with Crippen LogP contribution in [0.2, 0.25) is 0 Å². The Bertz CT molecular complexity index is 525. The number of carbonyl (C=O) groups excluding carboxylic acids is 1. The minimum atomic E-state index is -0.542. The van der Waals surface area contributed by atoms with Gasteiger partial charge in [0.1, 0.15) is 11.5 Å². The van der Waals surface area contributed by atoms with E-state index < -0.39 is 5.54 Å². The van der Waals surface area contributed by atoms with E-state index in [0.29, 0.717) is 17.1 Å². The zero-order valence-corrected chi connectivity index (χ0v) is 12.4. The van der Waals surface area contributed by atoms with Crippen LogP contribution in [-0.4, -0.2) is 37.4 Å². The largest absolute Gasteiger partial charge is 0.497 e. The van der Waals surface area contributed by atoms with Gasteiger partial charge in [-0.25, -0.2) is 0 Å². The van der Waals surface area contributed by atoms with E-state index >= 15 is 0 Å². The van der Waals surface area contributed by atoms with Gasteiger partial charge in [0.05, 0.1) is 37.6 Å². The summed E-state index contributed by atoms with van der Waals surface area (Å²) < 4.78 is 10.3. The van der Waals surface area contributed by atoms with Crippen LogP contribution in [0.4, 0.5) is 5.69 Å². The lowest BCUT2D eigenvalue weighted by Crippen LogP contribution is -2.49. The standard InChI is InChI=1S/C15H22N2O4/c1-20-10-7-11(13(16)12(8-10)21-2)14(19)17-15(9-18)5-3-4-6-15/h7-8,18H,3-6,9,16H2,1-2H3,(H,17,19). The minimum Gasteiger partial charge on any atom is -0.497 e. The highest BCUT2D eigenvalue weighted by Gasteiger charge is 2.35. The Hall–Kier alpha value is -1.95. The minimum absolute atomic E-state index is 0.0697. The van der Waals surface area contributed by atoms with Gasteiger partial charge in [0, 0.05) is 6.07 Å². The molecule has 0 aliphatic heterocycles. The molecule has 0 aromatic heterocycles. The second-order valence-electron chi connectivity index (χ2n) is 5.39. The molecule has 0 spiro atoms. The molecule has 21 heavy (non-hydrogen) atoms. The van der Waals surface area contributed by atoms with Gasteiger partial charge in [-0.3, -0.25) is 4.79 Å². The number of carbonyl (C=O) groups is 1. The summed E-state index contributed by atoms with van der Waals surface area (Å²) in [7, 11) is 3.00. The Balaban J connectivity index is 2.30. The first-order valence-electron chi connectivity index (χ1n) is 7.00. The summed E-state index contributed by atoms with van der Waals surface area (Å²) in [5.74, 6) is 0.570. The van der Waals surface area contributed by atoms with Crippen molar-refractivity contribution in [3.63, 3.8) is 0 Å². The van der Waals surface area contributed by atoms with E-state index in [0.717, 1.165) is 25.7 Å². The second-order valence-corrected chi connectivity index (χ2v) is 5.39. The number of hydrogen-bond donors (Lipinski definition) is 3. The van der Waals surface area contributed by atoms with Gasteiger partial charge < -0.3 is 25.6 Å². The fraction of sp³-hybridized carbons (Fsp3) is 0.533. The van der Waals surface area contributed by atoms with Crippen LogP contribution in [0.25, 0.3) is 0 Å². The first-order valence-corrected chi connectivity index (χ1v) is 7.00. The molecule has 1 fully saturated rings. The third kappa shape index (κ3) is 3.05. The normalized spacial score (nSPS) is 16.5. The molecule has 0 radical (unpaired) electrons. The number of anilines is 1. The molecule has 1 aromatic carbocycles. The summed E-state index contributed by atoms with van der Waals surface area (Å²) in [6, 6.07) is 3.21. The van der Waals surface area contributed by atoms with Gasteiger partial charge in [0.2, 0.25) is 0 Å². The van der Waals surface area contributed by atoms with Crippen LogP contribution in [0.1, 0.15) is 36.0 Å². The number of aliphatic hydroxyl groups is 1. The first kappa shape index (κ1) is 15.4. The Labute approximate surface area is 124 Å². The summed E-state index contributed by atoms with van der Waals surface area (Å²) in [6.45, 7) is -0.0697. The molecule has 1 aliphatic rings. The van der Waals surface area contributed by atoms with Crippen molar-refractivity contribution in [1.29, 1.82) is 0 Å². The van der Waals surface area contributed by atoms with Gasteiger partial charge in [-0.2, -0.15) is 0 Å². The summed E-state index contributed by atoms with van der Waals surface area (Å²) >= 11 is 0. The van der Waals surface area contributed by atoms with Crippen molar-refractivity contribution in [2.75, 3.05) is 26.6 Å². The van der Waals surface area contributed by atoms with Gasteiger partial charge >= 0.3 is 0 Å². The van der Waals surface area contributed by atoms with E-state index in [-0.39, 0.29) is 18.2 Å². The quantitative estimate of drug-likeness (QED) is 0.712. The summed E-state index contributed by atoms with van der Waals surface area (Å²) in [6.07, 6.45) is 3.54. The van der Waals surface area contributed by atoms with Gasteiger partial charge in [-0.1, -0.05) is 12.8 Å². The monoisotopic (exact) mass is 294 g/mol. The Morgan fingerprint density at radius 3 is 2.52 bits per heavy atom. The molecular formula is C15H22N2O4. The van der Waals surface area contributed by atoms with E-state index in [1.54, 1.807) is 12.1 Å². The van der Waals surface area contributed by atoms with E-state index in [1.165, 1.54) is 14.2 Å². The zero-order valence-electron chi connectivity index (χ0n) is 12.4. The maximum Gasteiger partial charge on any atom is 0.254 e. The lowest BCUT2D eigenvalue weighted by atomic mass is 9.98. The number of aliphatic hydroxyl groups excluding tert-OH is 1. The molecule has 1 aromatic rings. The number of hydrogen-bond acceptors (Lipinski definition) is 5. The molecule has 0 heterocycles. The van der Waals surface area contributed by atoms with Crippen LogP contribution in [0.15, 0.2) is 12.1 Å². The van der Waals surface area contributed by atoms with Crippen molar-refractivity contribution in [1.82, 2.24) is 5.32 Å². The zero-order chi connectivity index (χ0) is 15.5. The molecule has 1 amide bonds. The predicted molar refractivity (Wildman–Crippen MR) is 79.7 cm³/mol. The highest BCUT2D eigenvalue weighted by atomic mass is 16.5. The first-order chi connectivity index (χ1) is 10.0. The van der Waals surface area contributed by atoms with Crippen molar-refractivity contribution in [3.05, 3.63) is 17.7 Å². The van der Waals surface area contributed by atoms with Crippen molar-refractivity contribution in [3.8, 4) is 11.5 Å². The fourth-order valence-corrected chi connectivity index (χ4v) is 2.76. The molecule has 4 N–H and O–H groups in total. The van der Waals surface area contributed by atoms with Crippen molar-refractivity contribution in [2.24, 2.45) is 0 Å².